The maximum absolute atomic E-state index is 6.32. The molecule has 18 rings (SSSR count). The van der Waals surface area contributed by atoms with Crippen LogP contribution in [0.4, 0.5) is 73.9 Å². The highest BCUT2D eigenvalue weighted by Gasteiger charge is 2.37. The number of rotatable bonds is 5. The van der Waals surface area contributed by atoms with Gasteiger partial charge in [-0.2, -0.15) is 0 Å². The Labute approximate surface area is 640 Å². The third kappa shape index (κ3) is 14.3. The van der Waals surface area contributed by atoms with Crippen LogP contribution in [0.2, 0.25) is 0 Å². The van der Waals surface area contributed by atoms with E-state index >= 15 is 0 Å². The summed E-state index contributed by atoms with van der Waals surface area (Å²) in [7, 11) is 10.7. The van der Waals surface area contributed by atoms with Crippen LogP contribution in [0, 0.1) is 48.5 Å². The largest absolute Gasteiger partial charge is 0.456 e. The molecule has 5 aliphatic heterocycles. The molecule has 13 aromatic rings. The van der Waals surface area contributed by atoms with E-state index in [2.05, 4.69) is 386 Å². The van der Waals surface area contributed by atoms with Crippen LogP contribution < -0.4 is 44.1 Å². The molecule has 0 N–H and O–H groups in total. The van der Waals surface area contributed by atoms with Crippen LogP contribution in [-0.4, -0.2) is 71.0 Å². The summed E-state index contributed by atoms with van der Waals surface area (Å²) >= 11 is 0. The van der Waals surface area contributed by atoms with Gasteiger partial charge in [-0.15, -0.1) is 0 Å². The van der Waals surface area contributed by atoms with E-state index in [0.29, 0.717) is 18.5 Å². The molecule has 12 nitrogen and oxygen atoms in total. The highest BCUT2D eigenvalue weighted by Crippen LogP contribution is 2.51. The minimum atomic E-state index is 0. The fourth-order valence-electron chi connectivity index (χ4n) is 15.5. The molecule has 0 amide bonds. The van der Waals surface area contributed by atoms with E-state index in [1.54, 1.807) is 0 Å². The lowest BCUT2D eigenvalue weighted by molar-refractivity contribution is 0.383. The van der Waals surface area contributed by atoms with E-state index in [4.69, 9.17) is 8.83 Å². The molecule has 0 aliphatic carbocycles. The Morgan fingerprint density at radius 1 is 0.243 bits per heavy atom. The summed E-state index contributed by atoms with van der Waals surface area (Å²) in [6.07, 6.45) is 5.85. The first-order chi connectivity index (χ1) is 49.2. The summed E-state index contributed by atoms with van der Waals surface area (Å²) in [6, 6.07) is 81.4. The smallest absolute Gasteiger partial charge is 0.159 e. The molecule has 0 fully saturated rings. The fourth-order valence-corrected chi connectivity index (χ4v) is 15.5. The zero-order chi connectivity index (χ0) is 71.5. The summed E-state index contributed by atoms with van der Waals surface area (Å²) < 4.78 is 12.4. The molecule has 7 heterocycles. The van der Waals surface area contributed by atoms with Crippen molar-refractivity contribution in [2.45, 2.75) is 151 Å². The zero-order valence-electron chi connectivity index (χ0n) is 62.3. The number of fused-ring (bicyclic) bond motifs is 10. The lowest BCUT2D eigenvalue weighted by Gasteiger charge is -2.29. The van der Waals surface area contributed by atoms with Crippen molar-refractivity contribution in [1.29, 1.82) is 0 Å². The molecule has 5 atom stereocenters. The first-order valence-corrected chi connectivity index (χ1v) is 35.9. The zero-order valence-corrected chi connectivity index (χ0v) is 62.3. The van der Waals surface area contributed by atoms with Crippen LogP contribution in [-0.2, 0) is 0 Å². The Hall–Kier alpha value is -11.2. The third-order valence-corrected chi connectivity index (χ3v) is 22.0. The van der Waals surface area contributed by atoms with E-state index in [0.717, 1.165) is 28.0 Å². The summed E-state index contributed by atoms with van der Waals surface area (Å²) in [5.41, 5.74) is 29.5. The molecule has 2 aromatic heterocycles. The third-order valence-electron chi connectivity index (χ3n) is 22.0. The fraction of sp³-hybridized carbons (Fsp3) is 0.284. The Balaban J connectivity index is 0.000000155. The highest BCUT2D eigenvalue weighted by atomic mass is 16.3. The van der Waals surface area contributed by atoms with Crippen LogP contribution in [0.1, 0.15) is 111 Å². The van der Waals surface area contributed by atoms with Crippen molar-refractivity contribution < 1.29 is 8.83 Å². The van der Waals surface area contributed by atoms with Crippen LogP contribution >= 0.6 is 0 Å². The van der Waals surface area contributed by atoms with Gasteiger partial charge in [-0.1, -0.05) is 177 Å². The van der Waals surface area contributed by atoms with E-state index < -0.39 is 0 Å². The maximum Gasteiger partial charge on any atom is 0.159 e. The normalized spacial score (nSPS) is 16.9. The summed E-state index contributed by atoms with van der Waals surface area (Å²) in [4.78, 5) is 23.5. The van der Waals surface area contributed by atoms with Gasteiger partial charge in [-0.25, -0.2) is 0 Å². The van der Waals surface area contributed by atoms with Crippen molar-refractivity contribution in [1.82, 2.24) is 4.90 Å². The van der Waals surface area contributed by atoms with Crippen molar-refractivity contribution in [3.63, 3.8) is 0 Å². The molecule has 0 saturated carbocycles. The van der Waals surface area contributed by atoms with E-state index in [-0.39, 0.29) is 49.5 Å². The van der Waals surface area contributed by atoms with Gasteiger partial charge in [-0.05, 0) is 213 Å². The highest BCUT2D eigenvalue weighted by molar-refractivity contribution is 6.11. The van der Waals surface area contributed by atoms with Crippen LogP contribution in [0.5, 0.6) is 0 Å². The van der Waals surface area contributed by atoms with Gasteiger partial charge >= 0.3 is 0 Å². The molecule has 0 radical (unpaired) electrons. The van der Waals surface area contributed by atoms with Crippen molar-refractivity contribution in [2.75, 3.05) is 79.3 Å². The number of para-hydroxylation sites is 11. The van der Waals surface area contributed by atoms with Crippen molar-refractivity contribution >= 4 is 118 Å². The number of aryl methyl sites for hydroxylation is 7. The van der Waals surface area contributed by atoms with Gasteiger partial charge in [-0.3, -0.25) is 0 Å². The Kier molecular flexibility index (Phi) is 24.4. The first kappa shape index (κ1) is 79.9. The van der Waals surface area contributed by atoms with Gasteiger partial charge in [0.15, 0.2) is 5.58 Å². The van der Waals surface area contributed by atoms with E-state index in [1.807, 2.05) is 24.3 Å². The Bertz CT molecular complexity index is 5270. The summed E-state index contributed by atoms with van der Waals surface area (Å²) in [6.45, 7) is 26.4. The van der Waals surface area contributed by atoms with Gasteiger partial charge in [0.05, 0.1) is 51.2 Å². The quantitative estimate of drug-likeness (QED) is 0.165. The molecule has 0 bridgehead atoms. The SMILES string of the molecule is C.C.C.C.C.Cc1cc2c(cc1C)N(c1ccccc1C)[C@@H](C)N2C.Cc1cc2oc3ccccc3c2cc1N1c2ccccc2N(C)[C@@H]1C.Cc1ccc2c(oc3ccccc32)c1N1c2ccccc2N(C)[C@@H]1C.Cc1ccccc1N1C=CN(C)[C@@H]1C.Cc1ccccc1N1c2ccccc2N(C)[C@@H]1C. The molecule has 0 unspecified atom stereocenters. The Morgan fingerprint density at radius 2 is 0.607 bits per heavy atom. The first-order valence-electron chi connectivity index (χ1n) is 35.9. The number of hydrogen-bond donors (Lipinski definition) is 0. The number of anilines is 13. The molecule has 558 valence electrons. The second-order valence-corrected chi connectivity index (χ2v) is 28.1. The van der Waals surface area contributed by atoms with Gasteiger partial charge in [0.2, 0.25) is 0 Å². The average Bonchev–Trinajstić information content (AvgIpc) is 1.61. The summed E-state index contributed by atoms with van der Waals surface area (Å²) in [5.74, 6) is 0. The predicted molar refractivity (Wildman–Crippen MR) is 468 cm³/mol. The van der Waals surface area contributed by atoms with Crippen LogP contribution in [0.3, 0.4) is 0 Å². The molecule has 12 heteroatoms. The van der Waals surface area contributed by atoms with Gasteiger partial charge in [0, 0.05) is 91.9 Å². The van der Waals surface area contributed by atoms with Crippen LogP contribution in [0.15, 0.2) is 252 Å². The lowest BCUT2D eigenvalue weighted by atomic mass is 10.1. The average molecular weight is 1430 g/mol. The van der Waals surface area contributed by atoms with Crippen molar-refractivity contribution in [3.05, 3.63) is 282 Å². The van der Waals surface area contributed by atoms with Crippen LogP contribution in [0.25, 0.3) is 43.9 Å². The minimum absolute atomic E-state index is 0. The molecule has 5 aliphatic rings. The topological polar surface area (TPSA) is 58.7 Å². The lowest BCUT2D eigenvalue weighted by Crippen LogP contribution is -2.36. The predicted octanol–water partition coefficient (Wildman–Crippen LogP) is 25.9. The van der Waals surface area contributed by atoms with Gasteiger partial charge in [0.1, 0.15) is 47.6 Å². The number of benzene rings is 11. The summed E-state index contributed by atoms with van der Waals surface area (Å²) in [5, 5.41) is 4.70. The van der Waals surface area contributed by atoms with Gasteiger partial charge in [0.25, 0.3) is 0 Å². The van der Waals surface area contributed by atoms with E-state index in [9.17, 15) is 0 Å². The Morgan fingerprint density at radius 3 is 1.07 bits per heavy atom. The number of hydrogen-bond acceptors (Lipinski definition) is 12. The second kappa shape index (κ2) is 32.6. The molecule has 107 heavy (non-hydrogen) atoms. The molecule has 0 spiro atoms. The standard InChI is InChI=1S/2C22H20N2O.C18H22N2.C16H18N2.C12H16N2.5CH4/c1-14-12-22-17(16-8-4-7-11-21(16)25-22)13-20(14)24-15(2)23(3)18-9-5-6-10-19(18)24;1-14-12-13-17-16-8-4-7-11-20(16)25-22(17)21(14)24-15(2)23(3)18-9-5-6-10-19(18)24;1-12-8-6-7-9-16(12)20-15(4)19(5)17-10-13(2)14(3)11-18(17)20;1-12-8-4-5-9-14(12)18-13(2)17(3)15-10-6-7-11-16(15)18;1-10-6-4-5-7-12(10)14-9-8-13(3)11(14)2;;;;;/h2*4-13,15H,1-3H3;6-11,15H,1-5H3;4-11,13H,1-3H3;4-9,11H,1-3H3;5*1H4/t3*15-;13-;11-;;;;;/m00000...../s1. The molecular formula is C95H116N10O2. The monoisotopic (exact) mass is 1430 g/mol. The van der Waals surface area contributed by atoms with E-state index in [1.165, 1.54) is 129 Å². The molecule has 11 aromatic carbocycles. The minimum Gasteiger partial charge on any atom is -0.456 e. The van der Waals surface area contributed by atoms with Crippen molar-refractivity contribution in [2.24, 2.45) is 0 Å². The number of nitrogens with zero attached hydrogens (tertiary/aromatic N) is 10. The van der Waals surface area contributed by atoms with Crippen molar-refractivity contribution in [3.8, 4) is 0 Å². The maximum atomic E-state index is 6.32. The number of furan rings is 2. The second-order valence-electron chi connectivity index (χ2n) is 28.1. The van der Waals surface area contributed by atoms with Gasteiger partial charge < -0.3 is 57.8 Å². The molecular weight excluding hydrogens is 1310 g/mol. The molecule has 0 saturated heterocycles.